The van der Waals surface area contributed by atoms with Crippen LogP contribution in [0.25, 0.3) is 6.08 Å². The number of nitriles is 1. The summed E-state index contributed by atoms with van der Waals surface area (Å²) in [5, 5.41) is 9.43. The first-order valence-electron chi connectivity index (χ1n) is 9.65. The smallest absolute Gasteiger partial charge is 0.350 e. The lowest BCUT2D eigenvalue weighted by Crippen LogP contribution is -2.33. The summed E-state index contributed by atoms with van der Waals surface area (Å²) in [6.45, 7) is 8.42. The van der Waals surface area contributed by atoms with Crippen LogP contribution in [-0.2, 0) is 16.1 Å². The molecule has 0 spiro atoms. The minimum atomic E-state index is -0.886. The van der Waals surface area contributed by atoms with Crippen molar-refractivity contribution < 1.29 is 19.1 Å². The molecule has 3 rings (SSSR count). The second-order valence-corrected chi connectivity index (χ2v) is 7.65. The number of amides is 2. The highest BCUT2D eigenvalue weighted by molar-refractivity contribution is 6.21. The van der Waals surface area contributed by atoms with Crippen LogP contribution < -0.4 is 0 Å². The van der Waals surface area contributed by atoms with Crippen molar-refractivity contribution >= 4 is 23.9 Å². The Hall–Kier alpha value is -3.66. The van der Waals surface area contributed by atoms with E-state index in [1.165, 1.54) is 6.08 Å². The lowest BCUT2D eigenvalue weighted by atomic mass is 10.1. The van der Waals surface area contributed by atoms with Crippen molar-refractivity contribution in [2.24, 2.45) is 5.92 Å². The average molecular weight is 405 g/mol. The number of esters is 1. The van der Waals surface area contributed by atoms with Crippen molar-refractivity contribution in [1.82, 2.24) is 9.47 Å². The Morgan fingerprint density at radius 2 is 1.77 bits per heavy atom. The second-order valence-electron chi connectivity index (χ2n) is 7.65. The normalized spacial score (nSPS) is 13.6. The third kappa shape index (κ3) is 3.90. The molecule has 2 amide bonds. The summed E-state index contributed by atoms with van der Waals surface area (Å²) >= 11 is 0. The van der Waals surface area contributed by atoms with E-state index in [1.807, 2.05) is 26.0 Å². The van der Waals surface area contributed by atoms with Gasteiger partial charge in [-0.05, 0) is 49.6 Å². The molecule has 0 bridgehead atoms. The molecule has 1 aliphatic heterocycles. The fourth-order valence-corrected chi connectivity index (χ4v) is 3.47. The van der Waals surface area contributed by atoms with Crippen molar-refractivity contribution in [1.29, 1.82) is 5.26 Å². The number of fused-ring (bicyclic) bond motifs is 1. The molecule has 7 heteroatoms. The Bertz CT molecular complexity index is 1070. The Morgan fingerprint density at radius 1 is 1.17 bits per heavy atom. The maximum absolute atomic E-state index is 12.4. The van der Waals surface area contributed by atoms with E-state index in [0.29, 0.717) is 5.92 Å². The Balaban J connectivity index is 1.75. The molecule has 0 unspecified atom stereocenters. The van der Waals surface area contributed by atoms with E-state index in [-0.39, 0.29) is 16.7 Å². The van der Waals surface area contributed by atoms with Crippen molar-refractivity contribution in [3.63, 3.8) is 0 Å². The quantitative estimate of drug-likeness (QED) is 0.318. The van der Waals surface area contributed by atoms with E-state index in [2.05, 4.69) is 18.4 Å². The van der Waals surface area contributed by atoms with Crippen molar-refractivity contribution in [2.75, 3.05) is 6.73 Å². The molecule has 0 saturated heterocycles. The molecule has 2 aromatic rings. The van der Waals surface area contributed by atoms with Crippen LogP contribution in [-0.4, -0.2) is 34.0 Å². The van der Waals surface area contributed by atoms with Gasteiger partial charge in [0.1, 0.15) is 11.6 Å². The predicted molar refractivity (Wildman–Crippen MR) is 110 cm³/mol. The van der Waals surface area contributed by atoms with Crippen LogP contribution in [0.2, 0.25) is 0 Å². The number of benzene rings is 1. The van der Waals surface area contributed by atoms with E-state index in [4.69, 9.17) is 4.74 Å². The lowest BCUT2D eigenvalue weighted by Gasteiger charge is -2.13. The average Bonchev–Trinajstić information content (AvgIpc) is 3.12. The molecule has 154 valence electrons. The van der Waals surface area contributed by atoms with Gasteiger partial charge in [-0.25, -0.2) is 9.69 Å². The second kappa shape index (κ2) is 8.37. The number of aromatic nitrogens is 1. The van der Waals surface area contributed by atoms with Crippen LogP contribution >= 0.6 is 0 Å². The zero-order chi connectivity index (χ0) is 22.0. The number of imide groups is 1. The number of aryl methyl sites for hydroxylation is 1. The largest absolute Gasteiger partial charge is 0.440 e. The highest BCUT2D eigenvalue weighted by atomic mass is 16.5. The van der Waals surface area contributed by atoms with Crippen LogP contribution in [0.1, 0.15) is 51.5 Å². The zero-order valence-corrected chi connectivity index (χ0v) is 17.4. The number of carbonyl (C=O) groups is 3. The topological polar surface area (TPSA) is 92.4 Å². The molecule has 0 atom stereocenters. The van der Waals surface area contributed by atoms with Gasteiger partial charge >= 0.3 is 5.97 Å². The van der Waals surface area contributed by atoms with E-state index in [1.54, 1.807) is 24.3 Å². The molecule has 7 nitrogen and oxygen atoms in total. The highest BCUT2D eigenvalue weighted by Gasteiger charge is 2.36. The number of carbonyl (C=O) groups excluding carboxylic acids is 3. The summed E-state index contributed by atoms with van der Waals surface area (Å²) in [4.78, 5) is 38.0. The van der Waals surface area contributed by atoms with Gasteiger partial charge in [-0.1, -0.05) is 26.0 Å². The molecular weight excluding hydrogens is 382 g/mol. The van der Waals surface area contributed by atoms with Gasteiger partial charge in [0, 0.05) is 17.9 Å². The Kier molecular flexibility index (Phi) is 5.88. The van der Waals surface area contributed by atoms with E-state index >= 15 is 0 Å². The molecule has 0 aliphatic carbocycles. The van der Waals surface area contributed by atoms with Crippen LogP contribution in [0.15, 0.2) is 35.9 Å². The van der Waals surface area contributed by atoms with Gasteiger partial charge in [0.2, 0.25) is 0 Å². The standard InChI is InChI=1S/C23H23N3O4/c1-14(2)12-25-15(3)9-17(16(25)4)10-18(11-24)23(29)30-13-26-21(27)19-7-5-6-8-20(19)22(26)28/h5-10,14H,12-13H2,1-4H3/b18-10-. The van der Waals surface area contributed by atoms with Crippen molar-refractivity contribution in [3.8, 4) is 6.07 Å². The molecule has 0 radical (unpaired) electrons. The van der Waals surface area contributed by atoms with Gasteiger partial charge < -0.3 is 9.30 Å². The Morgan fingerprint density at radius 3 is 2.30 bits per heavy atom. The van der Waals surface area contributed by atoms with Crippen LogP contribution in [0, 0.1) is 31.1 Å². The van der Waals surface area contributed by atoms with Gasteiger partial charge in [-0.15, -0.1) is 0 Å². The summed E-state index contributed by atoms with van der Waals surface area (Å²) < 4.78 is 7.25. The first-order valence-corrected chi connectivity index (χ1v) is 9.65. The fraction of sp³-hybridized carbons (Fsp3) is 0.304. The zero-order valence-electron chi connectivity index (χ0n) is 17.4. The van der Waals surface area contributed by atoms with E-state index in [0.717, 1.165) is 28.4 Å². The number of hydrogen-bond acceptors (Lipinski definition) is 5. The molecule has 1 aliphatic rings. The molecule has 30 heavy (non-hydrogen) atoms. The van der Waals surface area contributed by atoms with Crippen LogP contribution in [0.5, 0.6) is 0 Å². The number of hydrogen-bond donors (Lipinski definition) is 0. The van der Waals surface area contributed by atoms with Crippen LogP contribution in [0.3, 0.4) is 0 Å². The van der Waals surface area contributed by atoms with Gasteiger partial charge in [0.15, 0.2) is 6.73 Å². The molecule has 0 fully saturated rings. The number of nitrogens with zero attached hydrogens (tertiary/aromatic N) is 3. The van der Waals surface area contributed by atoms with Crippen molar-refractivity contribution in [3.05, 3.63) is 64.0 Å². The third-order valence-corrected chi connectivity index (χ3v) is 5.00. The monoisotopic (exact) mass is 405 g/mol. The summed E-state index contributed by atoms with van der Waals surface area (Å²) in [5.41, 5.74) is 3.07. The lowest BCUT2D eigenvalue weighted by molar-refractivity contribution is -0.141. The molecule has 0 saturated carbocycles. The maximum atomic E-state index is 12.4. The summed E-state index contributed by atoms with van der Waals surface area (Å²) in [6.07, 6.45) is 1.48. The van der Waals surface area contributed by atoms with Gasteiger partial charge in [-0.3, -0.25) is 9.59 Å². The maximum Gasteiger partial charge on any atom is 0.350 e. The summed E-state index contributed by atoms with van der Waals surface area (Å²) in [7, 11) is 0. The number of rotatable bonds is 6. The van der Waals surface area contributed by atoms with Crippen LogP contribution in [0.4, 0.5) is 0 Å². The van der Waals surface area contributed by atoms with E-state index in [9.17, 15) is 19.6 Å². The van der Waals surface area contributed by atoms with Crippen molar-refractivity contribution in [2.45, 2.75) is 34.2 Å². The minimum Gasteiger partial charge on any atom is -0.440 e. The first kappa shape index (κ1) is 21.1. The summed E-state index contributed by atoms with van der Waals surface area (Å²) in [5.74, 6) is -1.49. The van der Waals surface area contributed by atoms with Gasteiger partial charge in [0.25, 0.3) is 11.8 Å². The SMILES string of the molecule is Cc1cc(/C=C(/C#N)C(=O)OCN2C(=O)c3ccccc3C2=O)c(C)n1CC(C)C. The predicted octanol–water partition coefficient (Wildman–Crippen LogP) is 3.46. The first-order chi connectivity index (χ1) is 14.2. The highest BCUT2D eigenvalue weighted by Crippen LogP contribution is 2.23. The summed E-state index contributed by atoms with van der Waals surface area (Å²) in [6, 6.07) is 10.2. The molecular formula is C23H23N3O4. The van der Waals surface area contributed by atoms with Gasteiger partial charge in [-0.2, -0.15) is 5.26 Å². The van der Waals surface area contributed by atoms with E-state index < -0.39 is 24.5 Å². The Labute approximate surface area is 175 Å². The third-order valence-electron chi connectivity index (χ3n) is 5.00. The molecule has 1 aromatic heterocycles. The molecule has 0 N–H and O–H groups in total. The number of ether oxygens (including phenoxy) is 1. The molecule has 2 heterocycles. The van der Waals surface area contributed by atoms with Gasteiger partial charge in [0.05, 0.1) is 11.1 Å². The fourth-order valence-electron chi connectivity index (χ4n) is 3.47. The molecule has 1 aromatic carbocycles. The minimum absolute atomic E-state index is 0.198.